The number of aromatic nitrogens is 2. The molecule has 23 heavy (non-hydrogen) atoms. The Balaban J connectivity index is 1.87. The number of nitrogens with zero attached hydrogens (tertiary/aromatic N) is 2. The number of aliphatic hydroxyl groups is 1. The molecule has 3 aromatic heterocycles. The number of hydrogen-bond acceptors (Lipinski definition) is 2. The van der Waals surface area contributed by atoms with Crippen molar-refractivity contribution in [1.82, 2.24) is 0 Å². The lowest BCUT2D eigenvalue weighted by Gasteiger charge is -2.04. The van der Waals surface area contributed by atoms with Gasteiger partial charge >= 0.3 is 0 Å². The molecule has 0 spiro atoms. The fourth-order valence-corrected chi connectivity index (χ4v) is 3.50. The number of rotatable bonds is 6. The molecule has 0 aliphatic heterocycles. The first kappa shape index (κ1) is 15.8. The van der Waals surface area contributed by atoms with Crippen LogP contribution >= 0.6 is 11.3 Å². The van der Waals surface area contributed by atoms with Gasteiger partial charge in [0.2, 0.25) is 0 Å². The smallest absolute Gasteiger partial charge is 0.169 e. The van der Waals surface area contributed by atoms with Gasteiger partial charge in [-0.25, -0.2) is 9.13 Å². The number of pyridine rings is 2. The summed E-state index contributed by atoms with van der Waals surface area (Å²) >= 11 is 1.74. The lowest BCUT2D eigenvalue weighted by molar-refractivity contribution is -0.697. The van der Waals surface area contributed by atoms with Crippen molar-refractivity contribution in [2.75, 3.05) is 6.61 Å². The molecule has 0 aliphatic rings. The second kappa shape index (κ2) is 7.49. The van der Waals surface area contributed by atoms with Crippen LogP contribution < -0.4 is 9.13 Å². The third kappa shape index (κ3) is 3.66. The summed E-state index contributed by atoms with van der Waals surface area (Å²) in [5.74, 6) is 0. The highest BCUT2D eigenvalue weighted by atomic mass is 32.1. The molecule has 3 rings (SSSR count). The van der Waals surface area contributed by atoms with E-state index in [-0.39, 0.29) is 6.61 Å². The van der Waals surface area contributed by atoms with E-state index in [4.69, 9.17) is 5.11 Å². The SMILES string of the molecule is CC[n+]1ccc(-c2cscc2-c2cc[n+](CCCO)cc2)cc1. The molecule has 0 saturated carbocycles. The van der Waals surface area contributed by atoms with Gasteiger partial charge < -0.3 is 5.11 Å². The summed E-state index contributed by atoms with van der Waals surface area (Å²) in [6.45, 7) is 4.22. The predicted molar refractivity (Wildman–Crippen MR) is 93.0 cm³/mol. The number of aliphatic hydroxyl groups excluding tert-OH is 1. The van der Waals surface area contributed by atoms with E-state index in [0.29, 0.717) is 0 Å². The van der Waals surface area contributed by atoms with Gasteiger partial charge in [-0.3, -0.25) is 0 Å². The molecule has 0 aromatic carbocycles. The van der Waals surface area contributed by atoms with Gasteiger partial charge in [0.05, 0.1) is 0 Å². The van der Waals surface area contributed by atoms with Gasteiger partial charge in [-0.1, -0.05) is 0 Å². The van der Waals surface area contributed by atoms with Crippen molar-refractivity contribution in [3.63, 3.8) is 0 Å². The Hall–Kier alpha value is -2.04. The minimum Gasteiger partial charge on any atom is -0.396 e. The maximum Gasteiger partial charge on any atom is 0.169 e. The molecule has 4 heteroatoms. The van der Waals surface area contributed by atoms with E-state index in [1.54, 1.807) is 11.3 Å². The predicted octanol–water partition coefficient (Wildman–Crippen LogP) is 3.06. The van der Waals surface area contributed by atoms with Gasteiger partial charge in [0.1, 0.15) is 6.54 Å². The van der Waals surface area contributed by atoms with Crippen LogP contribution in [0.2, 0.25) is 0 Å². The van der Waals surface area contributed by atoms with Crippen LogP contribution in [0.15, 0.2) is 59.8 Å². The fraction of sp³-hybridized carbons (Fsp3) is 0.263. The van der Waals surface area contributed by atoms with Crippen molar-refractivity contribution in [3.8, 4) is 22.3 Å². The van der Waals surface area contributed by atoms with E-state index < -0.39 is 0 Å². The molecule has 3 heterocycles. The van der Waals surface area contributed by atoms with Crippen LogP contribution in [0.5, 0.6) is 0 Å². The maximum absolute atomic E-state index is 8.92. The number of thiophene rings is 1. The van der Waals surface area contributed by atoms with Crippen LogP contribution in [-0.4, -0.2) is 11.7 Å². The quantitative estimate of drug-likeness (QED) is 0.693. The first-order valence-electron chi connectivity index (χ1n) is 7.98. The van der Waals surface area contributed by atoms with Crippen molar-refractivity contribution in [2.45, 2.75) is 26.4 Å². The van der Waals surface area contributed by atoms with Crippen molar-refractivity contribution < 1.29 is 14.2 Å². The van der Waals surface area contributed by atoms with Crippen molar-refractivity contribution >= 4 is 11.3 Å². The van der Waals surface area contributed by atoms with Gasteiger partial charge in [0.15, 0.2) is 31.3 Å². The minimum atomic E-state index is 0.231. The molecule has 0 aliphatic carbocycles. The molecule has 0 radical (unpaired) electrons. The molecule has 118 valence electrons. The van der Waals surface area contributed by atoms with Crippen LogP contribution in [0.25, 0.3) is 22.3 Å². The van der Waals surface area contributed by atoms with Crippen LogP contribution in [0.1, 0.15) is 13.3 Å². The lowest BCUT2D eigenvalue weighted by atomic mass is 10.0. The summed E-state index contributed by atoms with van der Waals surface area (Å²) in [6.07, 6.45) is 9.22. The summed E-state index contributed by atoms with van der Waals surface area (Å²) in [5.41, 5.74) is 5.04. The zero-order valence-electron chi connectivity index (χ0n) is 13.4. The van der Waals surface area contributed by atoms with Crippen LogP contribution in [0.3, 0.4) is 0 Å². The Kier molecular flexibility index (Phi) is 5.16. The number of aryl methyl sites for hydroxylation is 2. The average Bonchev–Trinajstić information content (AvgIpc) is 3.10. The van der Waals surface area contributed by atoms with Gasteiger partial charge in [-0.05, 0) is 28.8 Å². The monoisotopic (exact) mass is 326 g/mol. The number of hydrogen-bond donors (Lipinski definition) is 1. The van der Waals surface area contributed by atoms with Crippen molar-refractivity contribution in [3.05, 3.63) is 59.8 Å². The second-order valence-electron chi connectivity index (χ2n) is 5.52. The standard InChI is InChI=1S/C19H22N2OS/c1-2-20-9-4-16(5-10-20)18-14-23-15-19(18)17-6-11-21(12-7-17)8-3-13-22/h4-7,9-12,14-15,22H,2-3,8,13H2,1H3/q+2. The topological polar surface area (TPSA) is 28.0 Å². The average molecular weight is 326 g/mol. The van der Waals surface area contributed by atoms with Gasteiger partial charge in [-0.2, -0.15) is 11.3 Å². The zero-order chi connectivity index (χ0) is 16.1. The van der Waals surface area contributed by atoms with E-state index in [0.717, 1.165) is 19.5 Å². The van der Waals surface area contributed by atoms with Crippen LogP contribution in [0, 0.1) is 0 Å². The Labute approximate surface area is 141 Å². The van der Waals surface area contributed by atoms with Gasteiger partial charge in [0.25, 0.3) is 0 Å². The fourth-order valence-electron chi connectivity index (χ4n) is 2.63. The molecular formula is C19H22N2OS+2. The Morgan fingerprint density at radius 2 is 1.39 bits per heavy atom. The molecule has 0 unspecified atom stereocenters. The summed E-state index contributed by atoms with van der Waals surface area (Å²) in [7, 11) is 0. The molecule has 3 nitrogen and oxygen atoms in total. The lowest BCUT2D eigenvalue weighted by Crippen LogP contribution is -2.32. The summed E-state index contributed by atoms with van der Waals surface area (Å²) in [5, 5.41) is 13.3. The van der Waals surface area contributed by atoms with E-state index in [1.807, 2.05) is 0 Å². The molecule has 0 fully saturated rings. The first-order valence-corrected chi connectivity index (χ1v) is 8.92. The Bertz CT molecular complexity index is 748. The maximum atomic E-state index is 8.92. The van der Waals surface area contributed by atoms with E-state index in [2.05, 4.69) is 75.9 Å². The van der Waals surface area contributed by atoms with Crippen molar-refractivity contribution in [1.29, 1.82) is 0 Å². The van der Waals surface area contributed by atoms with Crippen molar-refractivity contribution in [2.24, 2.45) is 0 Å². The summed E-state index contributed by atoms with van der Waals surface area (Å²) < 4.78 is 4.28. The normalized spacial score (nSPS) is 10.9. The molecule has 0 amide bonds. The first-order chi connectivity index (χ1) is 11.3. The van der Waals surface area contributed by atoms with E-state index in [1.165, 1.54) is 22.3 Å². The zero-order valence-corrected chi connectivity index (χ0v) is 14.2. The second-order valence-corrected chi connectivity index (χ2v) is 6.26. The van der Waals surface area contributed by atoms with Crippen LogP contribution in [-0.2, 0) is 13.1 Å². The molecule has 0 saturated heterocycles. The third-order valence-corrected chi connectivity index (χ3v) is 4.75. The third-order valence-electron chi connectivity index (χ3n) is 4.01. The summed E-state index contributed by atoms with van der Waals surface area (Å²) in [6, 6.07) is 8.66. The van der Waals surface area contributed by atoms with E-state index in [9.17, 15) is 0 Å². The molecule has 0 bridgehead atoms. The molecule has 1 N–H and O–H groups in total. The highest BCUT2D eigenvalue weighted by Crippen LogP contribution is 2.34. The summed E-state index contributed by atoms with van der Waals surface area (Å²) in [4.78, 5) is 0. The Morgan fingerprint density at radius 3 is 1.87 bits per heavy atom. The highest BCUT2D eigenvalue weighted by molar-refractivity contribution is 7.08. The van der Waals surface area contributed by atoms with Crippen LogP contribution in [0.4, 0.5) is 0 Å². The molecular weight excluding hydrogens is 304 g/mol. The molecule has 3 aromatic rings. The van der Waals surface area contributed by atoms with Gasteiger partial charge in [-0.15, -0.1) is 0 Å². The minimum absolute atomic E-state index is 0.231. The molecule has 0 atom stereocenters. The Morgan fingerprint density at radius 1 is 0.870 bits per heavy atom. The highest BCUT2D eigenvalue weighted by Gasteiger charge is 2.11. The van der Waals surface area contributed by atoms with E-state index >= 15 is 0 Å². The van der Waals surface area contributed by atoms with Gasteiger partial charge in [0, 0.05) is 48.4 Å². The largest absolute Gasteiger partial charge is 0.396 e.